The standard InChI is InChI=1S/C14H17F2NO2/c15-8-6-10-13(11(16)7-8)17-12(2-1-4-18)9-3-5-19-14(9)10/h6-7,9,12,14,17-18H,1-5H2/t9-,12+,14-/m0/s1. The van der Waals surface area contributed by atoms with Crippen LogP contribution in [0.3, 0.4) is 0 Å². The molecule has 0 aromatic heterocycles. The van der Waals surface area contributed by atoms with E-state index < -0.39 is 11.6 Å². The molecule has 1 fully saturated rings. The van der Waals surface area contributed by atoms with Gasteiger partial charge in [-0.15, -0.1) is 0 Å². The highest BCUT2D eigenvalue weighted by molar-refractivity contribution is 5.57. The van der Waals surface area contributed by atoms with Gasteiger partial charge in [0.15, 0.2) is 0 Å². The van der Waals surface area contributed by atoms with Gasteiger partial charge in [-0.05, 0) is 25.3 Å². The van der Waals surface area contributed by atoms with Gasteiger partial charge in [-0.1, -0.05) is 0 Å². The number of hydrogen-bond donors (Lipinski definition) is 2. The SMILES string of the molecule is OCCC[C@H]1Nc2c(F)cc(F)cc2[C@H]2OCC[C@H]21. The Morgan fingerprint density at radius 1 is 1.37 bits per heavy atom. The highest BCUT2D eigenvalue weighted by Gasteiger charge is 2.41. The second kappa shape index (κ2) is 5.06. The molecule has 1 saturated heterocycles. The zero-order valence-electron chi connectivity index (χ0n) is 10.5. The third-order valence-electron chi connectivity index (χ3n) is 4.05. The summed E-state index contributed by atoms with van der Waals surface area (Å²) in [6, 6.07) is 2.33. The van der Waals surface area contributed by atoms with Gasteiger partial charge in [-0.3, -0.25) is 0 Å². The predicted molar refractivity (Wildman–Crippen MR) is 66.9 cm³/mol. The lowest BCUT2D eigenvalue weighted by atomic mass is 9.82. The first-order valence-corrected chi connectivity index (χ1v) is 6.68. The molecule has 5 heteroatoms. The molecule has 3 atom stereocenters. The van der Waals surface area contributed by atoms with Gasteiger partial charge in [0.2, 0.25) is 0 Å². The third kappa shape index (κ3) is 2.21. The molecule has 19 heavy (non-hydrogen) atoms. The van der Waals surface area contributed by atoms with Crippen molar-refractivity contribution < 1.29 is 18.6 Å². The molecule has 0 radical (unpaired) electrons. The van der Waals surface area contributed by atoms with Gasteiger partial charge < -0.3 is 15.2 Å². The fourth-order valence-corrected chi connectivity index (χ4v) is 3.20. The monoisotopic (exact) mass is 269 g/mol. The number of anilines is 1. The van der Waals surface area contributed by atoms with Crippen molar-refractivity contribution in [1.82, 2.24) is 0 Å². The molecule has 1 aromatic rings. The number of fused-ring (bicyclic) bond motifs is 3. The quantitative estimate of drug-likeness (QED) is 0.886. The van der Waals surface area contributed by atoms with E-state index in [2.05, 4.69) is 5.32 Å². The van der Waals surface area contributed by atoms with Crippen molar-refractivity contribution in [2.45, 2.75) is 31.4 Å². The Morgan fingerprint density at radius 2 is 2.21 bits per heavy atom. The molecule has 3 nitrogen and oxygen atoms in total. The van der Waals surface area contributed by atoms with Crippen molar-refractivity contribution >= 4 is 5.69 Å². The van der Waals surface area contributed by atoms with Crippen LogP contribution in [0.1, 0.15) is 30.9 Å². The molecule has 3 rings (SSSR count). The number of rotatable bonds is 3. The fourth-order valence-electron chi connectivity index (χ4n) is 3.20. The van der Waals surface area contributed by atoms with Crippen molar-refractivity contribution in [2.24, 2.45) is 5.92 Å². The molecular weight excluding hydrogens is 252 g/mol. The van der Waals surface area contributed by atoms with Crippen molar-refractivity contribution in [1.29, 1.82) is 0 Å². The van der Waals surface area contributed by atoms with Crippen LogP contribution in [0.2, 0.25) is 0 Å². The van der Waals surface area contributed by atoms with E-state index in [9.17, 15) is 8.78 Å². The lowest BCUT2D eigenvalue weighted by Crippen LogP contribution is -2.36. The maximum Gasteiger partial charge on any atom is 0.149 e. The summed E-state index contributed by atoms with van der Waals surface area (Å²) in [6.07, 6.45) is 2.08. The second-order valence-corrected chi connectivity index (χ2v) is 5.21. The van der Waals surface area contributed by atoms with Gasteiger partial charge in [0.25, 0.3) is 0 Å². The van der Waals surface area contributed by atoms with Gasteiger partial charge >= 0.3 is 0 Å². The summed E-state index contributed by atoms with van der Waals surface area (Å²) in [5.74, 6) is -0.917. The maximum absolute atomic E-state index is 13.9. The van der Waals surface area contributed by atoms with E-state index in [1.165, 1.54) is 6.07 Å². The highest BCUT2D eigenvalue weighted by atomic mass is 19.1. The zero-order valence-corrected chi connectivity index (χ0v) is 10.5. The van der Waals surface area contributed by atoms with Crippen LogP contribution >= 0.6 is 0 Å². The molecule has 0 unspecified atom stereocenters. The average Bonchev–Trinajstić information content (AvgIpc) is 2.86. The molecular formula is C14H17F2NO2. The zero-order chi connectivity index (χ0) is 13.4. The number of benzene rings is 1. The number of hydrogen-bond acceptors (Lipinski definition) is 3. The maximum atomic E-state index is 13.9. The largest absolute Gasteiger partial charge is 0.396 e. The Kier molecular flexibility index (Phi) is 3.41. The van der Waals surface area contributed by atoms with Crippen LogP contribution in [0.4, 0.5) is 14.5 Å². The molecule has 1 aromatic carbocycles. The summed E-state index contributed by atoms with van der Waals surface area (Å²) in [5.41, 5.74) is 0.938. The minimum Gasteiger partial charge on any atom is -0.396 e. The summed E-state index contributed by atoms with van der Waals surface area (Å²) in [7, 11) is 0. The second-order valence-electron chi connectivity index (χ2n) is 5.21. The normalized spacial score (nSPS) is 28.7. The van der Waals surface area contributed by atoms with Gasteiger partial charge in [0, 0.05) is 36.8 Å². The van der Waals surface area contributed by atoms with Crippen molar-refractivity contribution in [2.75, 3.05) is 18.5 Å². The van der Waals surface area contributed by atoms with Gasteiger partial charge in [-0.2, -0.15) is 0 Å². The summed E-state index contributed by atoms with van der Waals surface area (Å²) >= 11 is 0. The van der Waals surface area contributed by atoms with Crippen LogP contribution < -0.4 is 5.32 Å². The minimum absolute atomic E-state index is 0.0760. The molecule has 2 aliphatic heterocycles. The van der Waals surface area contributed by atoms with Gasteiger partial charge in [-0.25, -0.2) is 8.78 Å². The van der Waals surface area contributed by atoms with Crippen LogP contribution in [0.15, 0.2) is 12.1 Å². The first-order chi connectivity index (χ1) is 9.20. The van der Waals surface area contributed by atoms with Crippen molar-refractivity contribution in [3.8, 4) is 0 Å². The molecule has 2 aliphatic rings. The smallest absolute Gasteiger partial charge is 0.149 e. The Labute approximate surface area is 110 Å². The van der Waals surface area contributed by atoms with E-state index in [4.69, 9.17) is 9.84 Å². The topological polar surface area (TPSA) is 41.5 Å². The van der Waals surface area contributed by atoms with E-state index >= 15 is 0 Å². The van der Waals surface area contributed by atoms with E-state index in [1.54, 1.807) is 0 Å². The summed E-state index contributed by atoms with van der Waals surface area (Å²) in [5, 5.41) is 12.1. The lowest BCUT2D eigenvalue weighted by Gasteiger charge is -2.36. The molecule has 0 amide bonds. The van der Waals surface area contributed by atoms with E-state index in [-0.39, 0.29) is 24.7 Å². The van der Waals surface area contributed by atoms with Crippen LogP contribution in [-0.4, -0.2) is 24.4 Å². The fraction of sp³-hybridized carbons (Fsp3) is 0.571. The molecule has 0 spiro atoms. The number of aliphatic hydroxyl groups excluding tert-OH is 1. The number of nitrogens with one attached hydrogen (secondary N) is 1. The van der Waals surface area contributed by atoms with Crippen LogP contribution in [-0.2, 0) is 4.74 Å². The molecule has 0 bridgehead atoms. The van der Waals surface area contributed by atoms with Gasteiger partial charge in [0.1, 0.15) is 11.6 Å². The van der Waals surface area contributed by atoms with Gasteiger partial charge in [0.05, 0.1) is 11.8 Å². The van der Waals surface area contributed by atoms with Crippen LogP contribution in [0, 0.1) is 17.6 Å². The number of ether oxygens (including phenoxy) is 1. The van der Waals surface area contributed by atoms with Crippen molar-refractivity contribution in [3.63, 3.8) is 0 Å². The first-order valence-electron chi connectivity index (χ1n) is 6.68. The van der Waals surface area contributed by atoms with E-state index in [0.29, 0.717) is 24.3 Å². The molecule has 0 saturated carbocycles. The Hall–Kier alpha value is -1.20. The van der Waals surface area contributed by atoms with E-state index in [1.807, 2.05) is 0 Å². The highest BCUT2D eigenvalue weighted by Crippen LogP contribution is 2.46. The molecule has 2 N–H and O–H groups in total. The predicted octanol–water partition coefficient (Wildman–Crippen LogP) is 2.61. The Balaban J connectivity index is 1.96. The molecule has 104 valence electrons. The number of halogens is 2. The summed E-state index contributed by atoms with van der Waals surface area (Å²) in [6.45, 7) is 0.736. The number of aliphatic hydroxyl groups is 1. The first kappa shape index (κ1) is 12.8. The van der Waals surface area contributed by atoms with Crippen LogP contribution in [0.5, 0.6) is 0 Å². The minimum atomic E-state index is -0.571. The molecule has 2 heterocycles. The Morgan fingerprint density at radius 3 is 3.00 bits per heavy atom. The lowest BCUT2D eigenvalue weighted by molar-refractivity contribution is 0.0806. The molecule has 0 aliphatic carbocycles. The van der Waals surface area contributed by atoms with E-state index in [0.717, 1.165) is 18.9 Å². The van der Waals surface area contributed by atoms with Crippen LogP contribution in [0.25, 0.3) is 0 Å². The summed E-state index contributed by atoms with van der Waals surface area (Å²) < 4.78 is 32.9. The van der Waals surface area contributed by atoms with Crippen molar-refractivity contribution in [3.05, 3.63) is 29.3 Å². The third-order valence-corrected chi connectivity index (χ3v) is 4.05. The Bertz CT molecular complexity index is 481. The average molecular weight is 269 g/mol. The summed E-state index contributed by atoms with van der Waals surface area (Å²) in [4.78, 5) is 0.